The van der Waals surface area contributed by atoms with Crippen LogP contribution in [0.3, 0.4) is 0 Å². The molecule has 7 heteroatoms. The molecule has 2 rings (SSSR count). The fourth-order valence-electron chi connectivity index (χ4n) is 2.60. The second-order valence-corrected chi connectivity index (χ2v) is 6.65. The third-order valence-corrected chi connectivity index (χ3v) is 4.72. The van der Waals surface area contributed by atoms with Crippen molar-refractivity contribution >= 4 is 35.3 Å². The minimum atomic E-state index is -0.561. The number of piperazine rings is 1. The van der Waals surface area contributed by atoms with Crippen molar-refractivity contribution in [3.8, 4) is 0 Å². The van der Waals surface area contributed by atoms with Crippen LogP contribution in [0.2, 0.25) is 0 Å². The van der Waals surface area contributed by atoms with Gasteiger partial charge in [0.05, 0.1) is 5.75 Å². The van der Waals surface area contributed by atoms with Crippen molar-refractivity contribution < 1.29 is 14.8 Å². The molecule has 1 aliphatic rings. The molecule has 1 aromatic rings. The van der Waals surface area contributed by atoms with Gasteiger partial charge in [-0.2, -0.15) is 11.8 Å². The SMILES string of the molecule is CCSCC(=O)N1CCN(c2ccccc2C=CC(=O)NO)CC1. The maximum Gasteiger partial charge on any atom is 0.267 e. The van der Waals surface area contributed by atoms with Crippen LogP contribution in [0.15, 0.2) is 30.3 Å². The Bertz CT molecular complexity index is 598. The summed E-state index contributed by atoms with van der Waals surface area (Å²) in [6, 6.07) is 7.78. The Labute approximate surface area is 146 Å². The summed E-state index contributed by atoms with van der Waals surface area (Å²) in [5.74, 6) is 1.14. The van der Waals surface area contributed by atoms with Crippen molar-refractivity contribution in [1.29, 1.82) is 0 Å². The largest absolute Gasteiger partial charge is 0.367 e. The number of hydrogen-bond donors (Lipinski definition) is 2. The van der Waals surface area contributed by atoms with Crippen LogP contribution in [0, 0.1) is 0 Å². The van der Waals surface area contributed by atoms with Crippen LogP contribution in [0.4, 0.5) is 5.69 Å². The van der Waals surface area contributed by atoms with Gasteiger partial charge >= 0.3 is 0 Å². The maximum absolute atomic E-state index is 12.1. The molecule has 0 unspecified atom stereocenters. The Morgan fingerprint density at radius 2 is 1.96 bits per heavy atom. The average molecular weight is 349 g/mol. The topological polar surface area (TPSA) is 72.9 Å². The lowest BCUT2D eigenvalue weighted by atomic mass is 10.1. The Morgan fingerprint density at radius 3 is 2.62 bits per heavy atom. The van der Waals surface area contributed by atoms with E-state index in [1.54, 1.807) is 23.3 Å². The fourth-order valence-corrected chi connectivity index (χ4v) is 3.16. The first-order valence-electron chi connectivity index (χ1n) is 7.97. The molecule has 0 spiro atoms. The fraction of sp³-hybridized carbons (Fsp3) is 0.412. The number of thioether (sulfide) groups is 1. The normalized spacial score (nSPS) is 14.9. The number of carbonyl (C=O) groups excluding carboxylic acids is 2. The molecule has 1 fully saturated rings. The summed E-state index contributed by atoms with van der Waals surface area (Å²) in [7, 11) is 0. The number of nitrogens with one attached hydrogen (secondary N) is 1. The van der Waals surface area contributed by atoms with E-state index in [-0.39, 0.29) is 5.91 Å². The molecule has 130 valence electrons. The lowest BCUT2D eigenvalue weighted by Gasteiger charge is -2.36. The highest BCUT2D eigenvalue weighted by Gasteiger charge is 2.21. The minimum absolute atomic E-state index is 0.203. The number of nitrogens with zero attached hydrogens (tertiary/aromatic N) is 2. The van der Waals surface area contributed by atoms with E-state index in [0.29, 0.717) is 18.8 Å². The minimum Gasteiger partial charge on any atom is -0.367 e. The van der Waals surface area contributed by atoms with Crippen molar-refractivity contribution in [2.75, 3.05) is 42.6 Å². The average Bonchev–Trinajstić information content (AvgIpc) is 2.64. The Hall–Kier alpha value is -1.99. The third kappa shape index (κ3) is 5.01. The van der Waals surface area contributed by atoms with E-state index in [0.717, 1.165) is 30.1 Å². The highest BCUT2D eigenvalue weighted by Crippen LogP contribution is 2.23. The lowest BCUT2D eigenvalue weighted by Crippen LogP contribution is -2.49. The summed E-state index contributed by atoms with van der Waals surface area (Å²) < 4.78 is 0. The molecule has 1 aliphatic heterocycles. The molecule has 0 radical (unpaired) electrons. The number of carbonyl (C=O) groups is 2. The molecular weight excluding hydrogens is 326 g/mol. The van der Waals surface area contributed by atoms with Gasteiger partial charge < -0.3 is 9.80 Å². The second-order valence-electron chi connectivity index (χ2n) is 5.37. The Balaban J connectivity index is 2.00. The van der Waals surface area contributed by atoms with Gasteiger partial charge in [0.2, 0.25) is 5.91 Å². The van der Waals surface area contributed by atoms with E-state index >= 15 is 0 Å². The van der Waals surface area contributed by atoms with Gasteiger partial charge in [-0.05, 0) is 23.5 Å². The van der Waals surface area contributed by atoms with E-state index in [2.05, 4.69) is 11.8 Å². The standard InChI is InChI=1S/C17H23N3O3S/c1-2-24-13-17(22)20-11-9-19(10-12-20)15-6-4-3-5-14(15)7-8-16(21)18-23/h3-8,23H,2,9-13H2,1H3,(H,18,21). The number of hydroxylamine groups is 1. The molecule has 6 nitrogen and oxygen atoms in total. The lowest BCUT2D eigenvalue weighted by molar-refractivity contribution is -0.128. The van der Waals surface area contributed by atoms with Crippen LogP contribution in [-0.4, -0.2) is 59.6 Å². The van der Waals surface area contributed by atoms with Gasteiger partial charge in [0, 0.05) is 37.9 Å². The van der Waals surface area contributed by atoms with Crippen LogP contribution in [0.5, 0.6) is 0 Å². The van der Waals surface area contributed by atoms with Crippen molar-refractivity contribution in [2.24, 2.45) is 0 Å². The first-order chi connectivity index (χ1) is 11.7. The molecule has 24 heavy (non-hydrogen) atoms. The summed E-state index contributed by atoms with van der Waals surface area (Å²) >= 11 is 1.65. The van der Waals surface area contributed by atoms with Gasteiger partial charge in [-0.15, -0.1) is 0 Å². The maximum atomic E-state index is 12.1. The first-order valence-corrected chi connectivity index (χ1v) is 9.12. The van der Waals surface area contributed by atoms with Gasteiger partial charge in [-0.25, -0.2) is 5.48 Å². The van der Waals surface area contributed by atoms with Gasteiger partial charge in [-0.3, -0.25) is 14.8 Å². The third-order valence-electron chi connectivity index (χ3n) is 3.86. The quantitative estimate of drug-likeness (QED) is 0.464. The zero-order chi connectivity index (χ0) is 17.4. The van der Waals surface area contributed by atoms with E-state index in [4.69, 9.17) is 5.21 Å². The summed E-state index contributed by atoms with van der Waals surface area (Å²) in [5.41, 5.74) is 3.51. The van der Waals surface area contributed by atoms with Crippen molar-refractivity contribution in [3.63, 3.8) is 0 Å². The molecule has 1 saturated heterocycles. The van der Waals surface area contributed by atoms with Crippen molar-refractivity contribution in [1.82, 2.24) is 10.4 Å². The number of rotatable bonds is 6. The number of hydrogen-bond acceptors (Lipinski definition) is 5. The summed E-state index contributed by atoms with van der Waals surface area (Å²) in [6.07, 6.45) is 2.97. The van der Waals surface area contributed by atoms with Gasteiger partial charge in [-0.1, -0.05) is 25.1 Å². The monoisotopic (exact) mass is 349 g/mol. The highest BCUT2D eigenvalue weighted by atomic mass is 32.2. The Kier molecular flexibility index (Phi) is 7.14. The van der Waals surface area contributed by atoms with E-state index in [1.165, 1.54) is 6.08 Å². The van der Waals surface area contributed by atoms with E-state index < -0.39 is 5.91 Å². The smallest absolute Gasteiger partial charge is 0.267 e. The van der Waals surface area contributed by atoms with Crippen LogP contribution < -0.4 is 10.4 Å². The zero-order valence-electron chi connectivity index (χ0n) is 13.8. The van der Waals surface area contributed by atoms with E-state index in [9.17, 15) is 9.59 Å². The van der Waals surface area contributed by atoms with Crippen molar-refractivity contribution in [2.45, 2.75) is 6.92 Å². The summed E-state index contributed by atoms with van der Waals surface area (Å²) in [6.45, 7) is 4.99. The summed E-state index contributed by atoms with van der Waals surface area (Å²) in [5, 5.41) is 8.57. The highest BCUT2D eigenvalue weighted by molar-refractivity contribution is 7.99. The van der Waals surface area contributed by atoms with Gasteiger partial charge in [0.15, 0.2) is 0 Å². The number of amides is 2. The van der Waals surface area contributed by atoms with Crippen LogP contribution in [-0.2, 0) is 9.59 Å². The van der Waals surface area contributed by atoms with Crippen LogP contribution in [0.1, 0.15) is 12.5 Å². The first kappa shape index (κ1) is 18.4. The van der Waals surface area contributed by atoms with E-state index in [1.807, 2.05) is 29.2 Å². The predicted octanol–water partition coefficient (Wildman–Crippen LogP) is 1.61. The van der Waals surface area contributed by atoms with Crippen LogP contribution in [0.25, 0.3) is 6.08 Å². The predicted molar refractivity (Wildman–Crippen MR) is 97.2 cm³/mol. The molecule has 2 amide bonds. The van der Waals surface area contributed by atoms with Crippen molar-refractivity contribution in [3.05, 3.63) is 35.9 Å². The molecule has 1 heterocycles. The van der Waals surface area contributed by atoms with Gasteiger partial charge in [0.25, 0.3) is 5.91 Å². The Morgan fingerprint density at radius 1 is 1.25 bits per heavy atom. The molecule has 0 aromatic heterocycles. The molecule has 0 saturated carbocycles. The second kappa shape index (κ2) is 9.34. The number of benzene rings is 1. The molecular formula is C17H23N3O3S. The molecule has 0 atom stereocenters. The van der Waals surface area contributed by atoms with Crippen LogP contribution >= 0.6 is 11.8 Å². The summed E-state index contributed by atoms with van der Waals surface area (Å²) in [4.78, 5) is 27.4. The number of anilines is 1. The zero-order valence-corrected chi connectivity index (χ0v) is 14.6. The molecule has 1 aromatic carbocycles. The molecule has 0 bridgehead atoms. The molecule has 0 aliphatic carbocycles. The number of para-hydroxylation sites is 1. The van der Waals surface area contributed by atoms with Gasteiger partial charge in [0.1, 0.15) is 0 Å². The molecule has 2 N–H and O–H groups in total.